The predicted molar refractivity (Wildman–Crippen MR) is 102 cm³/mol. The summed E-state index contributed by atoms with van der Waals surface area (Å²) in [6.45, 7) is 3.97. The third-order valence-corrected chi connectivity index (χ3v) is 4.22. The van der Waals surface area contributed by atoms with Gasteiger partial charge >= 0.3 is 0 Å². The summed E-state index contributed by atoms with van der Waals surface area (Å²) in [4.78, 5) is 8.80. The van der Waals surface area contributed by atoms with Crippen LogP contribution in [0.15, 0.2) is 54.9 Å². The van der Waals surface area contributed by atoms with Gasteiger partial charge in [-0.2, -0.15) is 9.61 Å². The van der Waals surface area contributed by atoms with Crippen molar-refractivity contribution in [3.63, 3.8) is 0 Å². The van der Waals surface area contributed by atoms with E-state index in [9.17, 15) is 0 Å². The molecule has 6 nitrogen and oxygen atoms in total. The van der Waals surface area contributed by atoms with E-state index in [-0.39, 0.29) is 0 Å². The van der Waals surface area contributed by atoms with Gasteiger partial charge < -0.3 is 10.1 Å². The maximum Gasteiger partial charge on any atom is 0.165 e. The molecule has 0 saturated carbocycles. The lowest BCUT2D eigenvalue weighted by atomic mass is 10.1. The number of hydrogen-bond donors (Lipinski definition) is 1. The lowest BCUT2D eigenvalue weighted by Gasteiger charge is -2.10. The Morgan fingerprint density at radius 2 is 1.81 bits per heavy atom. The number of nitrogens with zero attached hydrogens (tertiary/aromatic N) is 4. The molecule has 0 bridgehead atoms. The fourth-order valence-corrected chi connectivity index (χ4v) is 3.08. The Balaban J connectivity index is 1.93. The third-order valence-electron chi connectivity index (χ3n) is 4.22. The van der Waals surface area contributed by atoms with Gasteiger partial charge in [0.2, 0.25) is 0 Å². The van der Waals surface area contributed by atoms with Crippen molar-refractivity contribution in [1.82, 2.24) is 19.6 Å². The number of methoxy groups -OCH3 is 1. The van der Waals surface area contributed by atoms with E-state index in [1.807, 2.05) is 60.8 Å². The zero-order valence-corrected chi connectivity index (χ0v) is 14.9. The molecule has 0 aliphatic carbocycles. The molecular formula is C20H19N5O. The monoisotopic (exact) mass is 345 g/mol. The topological polar surface area (TPSA) is 64.3 Å². The van der Waals surface area contributed by atoms with Crippen LogP contribution in [0.25, 0.3) is 16.8 Å². The first-order valence-electron chi connectivity index (χ1n) is 8.35. The zero-order valence-electron chi connectivity index (χ0n) is 14.9. The van der Waals surface area contributed by atoms with E-state index in [1.165, 1.54) is 0 Å². The molecule has 0 aliphatic heterocycles. The highest BCUT2D eigenvalue weighted by molar-refractivity contribution is 5.84. The van der Waals surface area contributed by atoms with Crippen LogP contribution in [0.2, 0.25) is 0 Å². The van der Waals surface area contributed by atoms with Gasteiger partial charge in [0.25, 0.3) is 0 Å². The number of para-hydroxylation sites is 1. The summed E-state index contributed by atoms with van der Waals surface area (Å²) < 4.78 is 7.38. The van der Waals surface area contributed by atoms with Gasteiger partial charge in [-0.3, -0.25) is 4.98 Å². The van der Waals surface area contributed by atoms with Crippen molar-refractivity contribution >= 4 is 17.2 Å². The van der Waals surface area contributed by atoms with E-state index in [0.29, 0.717) is 0 Å². The Morgan fingerprint density at radius 1 is 1.04 bits per heavy atom. The molecule has 3 heterocycles. The highest BCUT2D eigenvalue weighted by Crippen LogP contribution is 2.35. The van der Waals surface area contributed by atoms with Gasteiger partial charge in [-0.15, -0.1) is 0 Å². The first-order valence-corrected chi connectivity index (χ1v) is 8.35. The number of benzene rings is 1. The number of ether oxygens (including phenoxy) is 1. The number of nitrogens with one attached hydrogen (secondary N) is 1. The van der Waals surface area contributed by atoms with Crippen LogP contribution in [0.1, 0.15) is 11.4 Å². The van der Waals surface area contributed by atoms with Crippen LogP contribution in [0.4, 0.5) is 11.5 Å². The molecule has 6 heteroatoms. The van der Waals surface area contributed by atoms with Gasteiger partial charge in [-0.05, 0) is 32.0 Å². The summed E-state index contributed by atoms with van der Waals surface area (Å²) in [6.07, 6.45) is 3.50. The molecule has 130 valence electrons. The summed E-state index contributed by atoms with van der Waals surface area (Å²) in [5.74, 6) is 1.65. The summed E-state index contributed by atoms with van der Waals surface area (Å²) in [6, 6.07) is 13.7. The Hall–Kier alpha value is -3.41. The van der Waals surface area contributed by atoms with Crippen molar-refractivity contribution in [1.29, 1.82) is 0 Å². The second-order valence-electron chi connectivity index (χ2n) is 6.04. The van der Waals surface area contributed by atoms with Gasteiger partial charge in [0.1, 0.15) is 11.6 Å². The Morgan fingerprint density at radius 3 is 2.58 bits per heavy atom. The summed E-state index contributed by atoms with van der Waals surface area (Å²) in [5, 5.41) is 8.12. The zero-order chi connectivity index (χ0) is 18.1. The van der Waals surface area contributed by atoms with Crippen molar-refractivity contribution in [3.8, 4) is 16.9 Å². The summed E-state index contributed by atoms with van der Waals surface area (Å²) >= 11 is 0. The standard InChI is InChI=1S/C20H19N5O/c1-13-12-18(23-15-8-10-21-11-9-15)25-20(22-13)19(14(2)24-25)16-6-4-5-7-17(16)26-3/h4-12H,1-3H3,(H,21,23). The van der Waals surface area contributed by atoms with Gasteiger partial charge in [0.15, 0.2) is 5.65 Å². The molecule has 0 fully saturated rings. The molecule has 0 atom stereocenters. The molecule has 0 aliphatic rings. The quantitative estimate of drug-likeness (QED) is 0.602. The molecule has 4 rings (SSSR count). The van der Waals surface area contributed by atoms with Crippen molar-refractivity contribution in [3.05, 3.63) is 66.2 Å². The first kappa shape index (κ1) is 16.1. The molecule has 3 aromatic heterocycles. The lowest BCUT2D eigenvalue weighted by molar-refractivity contribution is 0.416. The van der Waals surface area contributed by atoms with E-state index in [2.05, 4.69) is 10.3 Å². The minimum Gasteiger partial charge on any atom is -0.496 e. The molecule has 4 aromatic rings. The second kappa shape index (κ2) is 6.48. The second-order valence-corrected chi connectivity index (χ2v) is 6.04. The number of rotatable bonds is 4. The van der Waals surface area contributed by atoms with Crippen LogP contribution >= 0.6 is 0 Å². The SMILES string of the molecule is COc1ccccc1-c1c(C)nn2c(Nc3ccncc3)cc(C)nc12. The maximum atomic E-state index is 5.54. The van der Waals surface area contributed by atoms with Gasteiger partial charge in [-0.25, -0.2) is 4.98 Å². The predicted octanol–water partition coefficient (Wildman–Crippen LogP) is 4.16. The number of hydrogen-bond acceptors (Lipinski definition) is 5. The van der Waals surface area contributed by atoms with E-state index in [0.717, 1.165) is 45.4 Å². The Bertz CT molecular complexity index is 1070. The van der Waals surface area contributed by atoms with Gasteiger partial charge in [-0.1, -0.05) is 18.2 Å². The van der Waals surface area contributed by atoms with Crippen molar-refractivity contribution in [2.24, 2.45) is 0 Å². The summed E-state index contributed by atoms with van der Waals surface area (Å²) in [7, 11) is 1.68. The first-order chi connectivity index (χ1) is 12.7. The molecular weight excluding hydrogens is 326 g/mol. The molecule has 0 amide bonds. The largest absolute Gasteiger partial charge is 0.496 e. The fraction of sp³-hybridized carbons (Fsp3) is 0.150. The Labute approximate surface area is 151 Å². The average molecular weight is 345 g/mol. The molecule has 26 heavy (non-hydrogen) atoms. The molecule has 0 spiro atoms. The third kappa shape index (κ3) is 2.75. The molecule has 0 radical (unpaired) electrons. The fourth-order valence-electron chi connectivity index (χ4n) is 3.08. The van der Waals surface area contributed by atoms with E-state index in [4.69, 9.17) is 14.8 Å². The summed E-state index contributed by atoms with van der Waals surface area (Å²) in [5.41, 5.74) is 5.50. The smallest absolute Gasteiger partial charge is 0.165 e. The minimum absolute atomic E-state index is 0.795. The van der Waals surface area contributed by atoms with Gasteiger partial charge in [0, 0.05) is 35.4 Å². The minimum atomic E-state index is 0.795. The number of pyridine rings is 1. The van der Waals surface area contributed by atoms with Crippen LogP contribution in [0, 0.1) is 13.8 Å². The van der Waals surface area contributed by atoms with Crippen LogP contribution < -0.4 is 10.1 Å². The highest BCUT2D eigenvalue weighted by Gasteiger charge is 2.18. The highest BCUT2D eigenvalue weighted by atomic mass is 16.5. The molecule has 1 N–H and O–H groups in total. The molecule has 0 unspecified atom stereocenters. The van der Waals surface area contributed by atoms with E-state index in [1.54, 1.807) is 19.5 Å². The average Bonchev–Trinajstić information content (AvgIpc) is 2.98. The number of aryl methyl sites for hydroxylation is 2. The maximum absolute atomic E-state index is 5.54. The van der Waals surface area contributed by atoms with E-state index >= 15 is 0 Å². The normalized spacial score (nSPS) is 10.9. The van der Waals surface area contributed by atoms with Crippen molar-refractivity contribution < 1.29 is 4.74 Å². The van der Waals surface area contributed by atoms with Crippen LogP contribution in [0.5, 0.6) is 5.75 Å². The Kier molecular flexibility index (Phi) is 4.01. The lowest BCUT2D eigenvalue weighted by Crippen LogP contribution is -2.02. The van der Waals surface area contributed by atoms with E-state index < -0.39 is 0 Å². The number of fused-ring (bicyclic) bond motifs is 1. The van der Waals surface area contributed by atoms with Gasteiger partial charge in [0.05, 0.1) is 18.4 Å². The van der Waals surface area contributed by atoms with Crippen LogP contribution in [0.3, 0.4) is 0 Å². The van der Waals surface area contributed by atoms with Crippen molar-refractivity contribution in [2.45, 2.75) is 13.8 Å². The van der Waals surface area contributed by atoms with Crippen molar-refractivity contribution in [2.75, 3.05) is 12.4 Å². The molecule has 0 saturated heterocycles. The molecule has 1 aromatic carbocycles. The number of aromatic nitrogens is 4. The van der Waals surface area contributed by atoms with Crippen LogP contribution in [-0.4, -0.2) is 26.7 Å². The number of anilines is 2. The van der Waals surface area contributed by atoms with Crippen LogP contribution in [-0.2, 0) is 0 Å².